The van der Waals surface area contributed by atoms with Crippen LogP contribution in [0.15, 0.2) is 72.8 Å². The SMILES string of the molecule is C[C@@H]1CNc2c(sc3ccc4nc(-c5ccc(N6CCN(CCN7CCN(c8ccc(C9CCC(=O)NC9=O)cc8)CC7)CC6)cc5)ccc4c23)C(=O)N1. The second-order valence-electron chi connectivity index (χ2n) is 15.1. The number of carbonyl (C=O) groups excluding carboxylic acids is 3. The number of pyridine rings is 1. The van der Waals surface area contributed by atoms with E-state index in [1.54, 1.807) is 0 Å². The van der Waals surface area contributed by atoms with Gasteiger partial charge in [-0.1, -0.05) is 24.3 Å². The average Bonchev–Trinajstić information content (AvgIpc) is 3.52. The average molecular weight is 743 g/mol. The number of rotatable bonds is 7. The fourth-order valence-corrected chi connectivity index (χ4v) is 9.50. The Morgan fingerprint density at radius 3 is 2.06 bits per heavy atom. The van der Waals surface area contributed by atoms with Gasteiger partial charge >= 0.3 is 0 Å². The van der Waals surface area contributed by atoms with E-state index in [0.29, 0.717) is 19.4 Å². The van der Waals surface area contributed by atoms with Gasteiger partial charge < -0.3 is 20.4 Å². The fourth-order valence-electron chi connectivity index (χ4n) is 8.40. The third kappa shape index (κ3) is 6.89. The van der Waals surface area contributed by atoms with Crippen molar-refractivity contribution in [1.29, 1.82) is 0 Å². The van der Waals surface area contributed by atoms with Crippen LogP contribution in [0.5, 0.6) is 0 Å². The van der Waals surface area contributed by atoms with Crippen molar-refractivity contribution < 1.29 is 14.4 Å². The van der Waals surface area contributed by atoms with Crippen molar-refractivity contribution in [1.82, 2.24) is 25.4 Å². The maximum Gasteiger partial charge on any atom is 0.263 e. The predicted octanol–water partition coefficient (Wildman–Crippen LogP) is 5.12. The number of imide groups is 1. The maximum atomic E-state index is 12.8. The van der Waals surface area contributed by atoms with E-state index in [0.717, 1.165) is 114 Å². The van der Waals surface area contributed by atoms with E-state index in [1.807, 2.05) is 19.1 Å². The quantitative estimate of drug-likeness (QED) is 0.196. The predicted molar refractivity (Wildman–Crippen MR) is 217 cm³/mol. The molecule has 12 heteroatoms. The summed E-state index contributed by atoms with van der Waals surface area (Å²) in [5, 5.41) is 11.2. The molecule has 3 saturated heterocycles. The third-order valence-corrected chi connectivity index (χ3v) is 12.7. The van der Waals surface area contributed by atoms with E-state index < -0.39 is 0 Å². The molecule has 6 heterocycles. The van der Waals surface area contributed by atoms with Gasteiger partial charge in [-0.25, -0.2) is 4.98 Å². The summed E-state index contributed by atoms with van der Waals surface area (Å²) in [6.45, 7) is 13.1. The van der Waals surface area contributed by atoms with Crippen molar-refractivity contribution >= 4 is 67.1 Å². The number of fused-ring (bicyclic) bond motifs is 5. The van der Waals surface area contributed by atoms with Crippen LogP contribution in [0.4, 0.5) is 17.1 Å². The van der Waals surface area contributed by atoms with Gasteiger partial charge in [-0.05, 0) is 67.4 Å². The van der Waals surface area contributed by atoms with E-state index in [2.05, 4.69) is 96.2 Å². The number of nitrogens with one attached hydrogen (secondary N) is 3. The highest BCUT2D eigenvalue weighted by molar-refractivity contribution is 7.21. The molecule has 3 N–H and O–H groups in total. The molecule has 3 aromatic carbocycles. The van der Waals surface area contributed by atoms with Gasteiger partial charge in [0.2, 0.25) is 11.8 Å². The molecule has 1 unspecified atom stereocenters. The Morgan fingerprint density at radius 1 is 0.759 bits per heavy atom. The minimum atomic E-state index is -0.235. The Kier molecular flexibility index (Phi) is 9.42. The van der Waals surface area contributed by atoms with Gasteiger partial charge in [0.15, 0.2) is 0 Å². The minimum absolute atomic E-state index is 0.0103. The molecule has 0 aliphatic carbocycles. The summed E-state index contributed by atoms with van der Waals surface area (Å²) in [6, 6.07) is 25.7. The highest BCUT2D eigenvalue weighted by Crippen LogP contribution is 2.41. The van der Waals surface area contributed by atoms with Crippen molar-refractivity contribution in [2.75, 3.05) is 87.1 Å². The number of amides is 3. The summed E-state index contributed by atoms with van der Waals surface area (Å²) in [7, 11) is 0. The minimum Gasteiger partial charge on any atom is -0.381 e. The number of hydrogen-bond acceptors (Lipinski definition) is 10. The molecular weight excluding hydrogens is 697 g/mol. The van der Waals surface area contributed by atoms with Crippen LogP contribution >= 0.6 is 11.3 Å². The molecule has 2 aromatic heterocycles. The van der Waals surface area contributed by atoms with Crippen LogP contribution in [0.2, 0.25) is 0 Å². The Labute approximate surface area is 319 Å². The molecular formula is C42H46N8O3S. The van der Waals surface area contributed by atoms with Crippen LogP contribution in [0, 0.1) is 0 Å². The number of nitrogens with zero attached hydrogens (tertiary/aromatic N) is 5. The van der Waals surface area contributed by atoms with E-state index in [-0.39, 0.29) is 29.7 Å². The topological polar surface area (TPSA) is 113 Å². The number of piperazine rings is 2. The number of piperidine rings is 1. The van der Waals surface area contributed by atoms with Crippen LogP contribution in [-0.4, -0.2) is 111 Å². The number of benzene rings is 3. The summed E-state index contributed by atoms with van der Waals surface area (Å²) < 4.78 is 1.09. The summed E-state index contributed by atoms with van der Waals surface area (Å²) >= 11 is 1.54. The molecule has 0 spiro atoms. The van der Waals surface area contributed by atoms with Crippen LogP contribution < -0.4 is 25.8 Å². The summed E-state index contributed by atoms with van der Waals surface area (Å²) in [6.07, 6.45) is 0.986. The number of carbonyl (C=O) groups is 3. The van der Waals surface area contributed by atoms with Crippen LogP contribution in [0.3, 0.4) is 0 Å². The van der Waals surface area contributed by atoms with Crippen molar-refractivity contribution in [3.05, 3.63) is 83.2 Å². The van der Waals surface area contributed by atoms with Crippen LogP contribution in [0.25, 0.3) is 32.2 Å². The fraction of sp³-hybridized carbons (Fsp3) is 0.381. The van der Waals surface area contributed by atoms with Crippen molar-refractivity contribution in [2.24, 2.45) is 0 Å². The molecule has 0 radical (unpaired) electrons. The standard InChI is InChI=1S/C42H46N8O3S/c1-27-26-43-39-38-33-10-12-34(45-35(33)13-14-36(38)54-40(39)42(53)44-27)29-4-8-31(9-5-29)50-24-20-48(21-25-50)17-16-47-18-22-49(23-19-47)30-6-2-28(3-7-30)32-11-15-37(51)46-41(32)52/h2-10,12-14,27,32,43H,11,15-26H2,1H3,(H,44,53)(H,46,51,52)/t27-,32?/m1/s1. The lowest BCUT2D eigenvalue weighted by molar-refractivity contribution is -0.134. The molecule has 9 rings (SSSR count). The van der Waals surface area contributed by atoms with Crippen LogP contribution in [-0.2, 0) is 9.59 Å². The molecule has 11 nitrogen and oxygen atoms in total. The van der Waals surface area contributed by atoms with Gasteiger partial charge in [0, 0.05) is 117 Å². The molecule has 0 bridgehead atoms. The van der Waals surface area contributed by atoms with Crippen molar-refractivity contribution in [3.63, 3.8) is 0 Å². The van der Waals surface area contributed by atoms with Crippen molar-refractivity contribution in [3.8, 4) is 11.3 Å². The first-order valence-electron chi connectivity index (χ1n) is 19.3. The second kappa shape index (κ2) is 14.7. The first kappa shape index (κ1) is 34.7. The zero-order chi connectivity index (χ0) is 36.8. The lowest BCUT2D eigenvalue weighted by Crippen LogP contribution is -2.51. The molecule has 4 aliphatic rings. The van der Waals surface area contributed by atoms with Crippen LogP contribution in [0.1, 0.15) is 40.9 Å². The summed E-state index contributed by atoms with van der Waals surface area (Å²) in [5.41, 5.74) is 7.33. The zero-order valence-electron chi connectivity index (χ0n) is 30.6. The van der Waals surface area contributed by atoms with Gasteiger partial charge in [0.25, 0.3) is 5.91 Å². The smallest absolute Gasteiger partial charge is 0.263 e. The number of hydrogen-bond donors (Lipinski definition) is 3. The van der Waals surface area contributed by atoms with Gasteiger partial charge in [-0.15, -0.1) is 11.3 Å². The molecule has 3 fully saturated rings. The Hall–Kier alpha value is -5.04. The van der Waals surface area contributed by atoms with Gasteiger partial charge in [0.1, 0.15) is 4.88 Å². The van der Waals surface area contributed by atoms with E-state index in [4.69, 9.17) is 4.98 Å². The summed E-state index contributed by atoms with van der Waals surface area (Å²) in [4.78, 5) is 52.5. The first-order chi connectivity index (χ1) is 26.4. The molecule has 2 atom stereocenters. The lowest BCUT2D eigenvalue weighted by atomic mass is 9.90. The normalized spacial score (nSPS) is 21.5. The number of aromatic nitrogens is 1. The van der Waals surface area contributed by atoms with Crippen molar-refractivity contribution in [2.45, 2.75) is 31.7 Å². The van der Waals surface area contributed by atoms with Gasteiger partial charge in [-0.2, -0.15) is 0 Å². The Morgan fingerprint density at radius 2 is 1.41 bits per heavy atom. The van der Waals surface area contributed by atoms with E-state index in [1.165, 1.54) is 22.7 Å². The Bertz CT molecular complexity index is 2210. The number of thiophene rings is 1. The molecule has 5 aromatic rings. The van der Waals surface area contributed by atoms with Gasteiger partial charge in [0.05, 0.1) is 22.8 Å². The highest BCUT2D eigenvalue weighted by atomic mass is 32.1. The highest BCUT2D eigenvalue weighted by Gasteiger charge is 2.29. The molecule has 54 heavy (non-hydrogen) atoms. The molecule has 0 saturated carbocycles. The lowest BCUT2D eigenvalue weighted by Gasteiger charge is -2.39. The molecule has 3 amide bonds. The zero-order valence-corrected chi connectivity index (χ0v) is 31.5. The second-order valence-corrected chi connectivity index (χ2v) is 16.1. The molecule has 278 valence electrons. The molecule has 4 aliphatic heterocycles. The maximum absolute atomic E-state index is 12.8. The third-order valence-electron chi connectivity index (χ3n) is 11.6. The first-order valence-corrected chi connectivity index (χ1v) is 20.1. The van der Waals surface area contributed by atoms with E-state index >= 15 is 0 Å². The Balaban J connectivity index is 0.755. The number of anilines is 3. The largest absolute Gasteiger partial charge is 0.381 e. The van der Waals surface area contributed by atoms with E-state index in [9.17, 15) is 14.4 Å². The summed E-state index contributed by atoms with van der Waals surface area (Å²) in [5.74, 6) is -0.599. The van der Waals surface area contributed by atoms with Gasteiger partial charge in [-0.3, -0.25) is 29.5 Å². The monoisotopic (exact) mass is 742 g/mol.